The fraction of sp³-hybridized carbons (Fsp3) is 0.222. The van der Waals surface area contributed by atoms with Crippen molar-refractivity contribution in [2.24, 2.45) is 5.73 Å². The minimum Gasteiger partial charge on any atom is -0.364 e. The van der Waals surface area contributed by atoms with E-state index in [-0.39, 0.29) is 0 Å². The van der Waals surface area contributed by atoms with Crippen LogP contribution in [0.1, 0.15) is 34.2 Å². The minimum atomic E-state index is -0.410. The predicted octanol–water partition coefficient (Wildman–Crippen LogP) is 3.05. The summed E-state index contributed by atoms with van der Waals surface area (Å²) in [6.07, 6.45) is 2.67. The number of nitrogens with two attached hydrogens (primary N) is 1. The van der Waals surface area contributed by atoms with E-state index in [9.17, 15) is 4.79 Å². The number of pyridine rings is 1. The van der Waals surface area contributed by atoms with E-state index in [1.54, 1.807) is 6.20 Å². The van der Waals surface area contributed by atoms with Crippen LogP contribution in [0.4, 0.5) is 0 Å². The second-order valence-corrected chi connectivity index (χ2v) is 5.52. The quantitative estimate of drug-likeness (QED) is 0.803. The van der Waals surface area contributed by atoms with Crippen LogP contribution in [-0.4, -0.2) is 15.5 Å². The van der Waals surface area contributed by atoms with Gasteiger partial charge in [-0.2, -0.15) is 0 Å². The molecule has 1 amide bonds. The van der Waals surface area contributed by atoms with Crippen molar-refractivity contribution in [2.45, 2.75) is 26.8 Å². The van der Waals surface area contributed by atoms with Gasteiger partial charge >= 0.3 is 0 Å². The largest absolute Gasteiger partial charge is 0.364 e. The van der Waals surface area contributed by atoms with Crippen LogP contribution >= 0.6 is 0 Å². The number of aryl methyl sites for hydroxylation is 2. The van der Waals surface area contributed by atoms with Crippen molar-refractivity contribution < 1.29 is 4.79 Å². The number of carbonyl (C=O) groups excluding carboxylic acids is 1. The maximum atomic E-state index is 11.8. The Bertz CT molecular complexity index is 834. The number of hydrogen-bond donors (Lipinski definition) is 1. The molecule has 0 spiro atoms. The van der Waals surface area contributed by atoms with Gasteiger partial charge in [0.15, 0.2) is 0 Å². The molecule has 2 N–H and O–H groups in total. The Morgan fingerprint density at radius 2 is 2.09 bits per heavy atom. The lowest BCUT2D eigenvalue weighted by molar-refractivity contribution is 0.0992. The first-order valence-corrected chi connectivity index (χ1v) is 7.42. The number of primary amides is 1. The van der Waals surface area contributed by atoms with Crippen molar-refractivity contribution in [3.63, 3.8) is 0 Å². The molecular formula is C18H19N3O. The number of amides is 1. The Balaban J connectivity index is 2.25. The van der Waals surface area contributed by atoms with E-state index in [1.165, 1.54) is 11.1 Å². The van der Waals surface area contributed by atoms with Gasteiger partial charge in [0.25, 0.3) is 5.91 Å². The molecule has 22 heavy (non-hydrogen) atoms. The summed E-state index contributed by atoms with van der Waals surface area (Å²) in [7, 11) is 0. The Kier molecular flexibility index (Phi) is 3.67. The van der Waals surface area contributed by atoms with Crippen LogP contribution in [0.3, 0.4) is 0 Å². The molecule has 4 nitrogen and oxygen atoms in total. The highest BCUT2D eigenvalue weighted by atomic mass is 16.1. The molecule has 0 radical (unpaired) electrons. The summed E-state index contributed by atoms with van der Waals surface area (Å²) in [5.74, 6) is -0.410. The summed E-state index contributed by atoms with van der Waals surface area (Å²) in [4.78, 5) is 16.2. The lowest BCUT2D eigenvalue weighted by Gasteiger charge is -2.11. The molecule has 4 heteroatoms. The Labute approximate surface area is 129 Å². The molecule has 112 valence electrons. The smallest absolute Gasteiger partial charge is 0.265 e. The normalized spacial score (nSPS) is 11.0. The lowest BCUT2D eigenvalue weighted by atomic mass is 10.1. The lowest BCUT2D eigenvalue weighted by Crippen LogP contribution is -2.18. The van der Waals surface area contributed by atoms with Crippen molar-refractivity contribution >= 4 is 16.8 Å². The summed E-state index contributed by atoms with van der Waals surface area (Å²) < 4.78 is 1.98. The van der Waals surface area contributed by atoms with Crippen molar-refractivity contribution in [3.05, 3.63) is 65.1 Å². The molecule has 1 aromatic carbocycles. The Morgan fingerprint density at radius 1 is 1.27 bits per heavy atom. The molecular weight excluding hydrogens is 274 g/mol. The van der Waals surface area contributed by atoms with Gasteiger partial charge in [0.05, 0.1) is 17.8 Å². The number of aromatic nitrogens is 2. The molecule has 0 bridgehead atoms. The number of benzene rings is 1. The maximum absolute atomic E-state index is 11.8. The zero-order chi connectivity index (χ0) is 15.7. The third-order valence-corrected chi connectivity index (χ3v) is 3.90. The van der Waals surface area contributed by atoms with Crippen LogP contribution in [0.5, 0.6) is 0 Å². The molecule has 3 aromatic rings. The van der Waals surface area contributed by atoms with Crippen molar-refractivity contribution in [1.82, 2.24) is 9.55 Å². The number of fused-ring (bicyclic) bond motifs is 1. The average Bonchev–Trinajstić information content (AvgIpc) is 2.86. The molecule has 2 aromatic heterocycles. The first-order valence-electron chi connectivity index (χ1n) is 7.42. The standard InChI is InChI=1S/C18H19N3O/c1-3-13-8-12(2)9-14-10-16(18(19)22)21(17(13)14)11-15-6-4-5-7-20-15/h4-10H,3,11H2,1-2H3,(H2,19,22). The summed E-state index contributed by atoms with van der Waals surface area (Å²) in [6, 6.07) is 11.9. The second kappa shape index (κ2) is 5.64. The van der Waals surface area contributed by atoms with Crippen LogP contribution < -0.4 is 5.73 Å². The third kappa shape index (κ3) is 2.48. The summed E-state index contributed by atoms with van der Waals surface area (Å²) in [6.45, 7) is 4.73. The van der Waals surface area contributed by atoms with E-state index in [0.717, 1.165) is 23.0 Å². The highest BCUT2D eigenvalue weighted by Gasteiger charge is 2.16. The van der Waals surface area contributed by atoms with Crippen molar-refractivity contribution in [1.29, 1.82) is 0 Å². The van der Waals surface area contributed by atoms with Crippen LogP contribution in [0.15, 0.2) is 42.6 Å². The SMILES string of the molecule is CCc1cc(C)cc2cc(C(N)=O)n(Cc3ccccn3)c12. The van der Waals surface area contributed by atoms with Gasteiger partial charge in [0, 0.05) is 11.6 Å². The van der Waals surface area contributed by atoms with Crippen molar-refractivity contribution in [3.8, 4) is 0 Å². The van der Waals surface area contributed by atoms with Gasteiger partial charge in [-0.25, -0.2) is 0 Å². The van der Waals surface area contributed by atoms with Gasteiger partial charge in [-0.3, -0.25) is 9.78 Å². The topological polar surface area (TPSA) is 60.9 Å². The second-order valence-electron chi connectivity index (χ2n) is 5.52. The zero-order valence-electron chi connectivity index (χ0n) is 12.8. The molecule has 0 fully saturated rings. The molecule has 0 aliphatic rings. The van der Waals surface area contributed by atoms with Crippen molar-refractivity contribution in [2.75, 3.05) is 0 Å². The number of carbonyl (C=O) groups is 1. The van der Waals surface area contributed by atoms with E-state index in [0.29, 0.717) is 12.2 Å². The highest BCUT2D eigenvalue weighted by molar-refractivity contribution is 5.99. The molecule has 0 saturated carbocycles. The predicted molar refractivity (Wildman–Crippen MR) is 87.9 cm³/mol. The third-order valence-electron chi connectivity index (χ3n) is 3.90. The molecule has 0 aliphatic heterocycles. The minimum absolute atomic E-state index is 0.410. The van der Waals surface area contributed by atoms with E-state index < -0.39 is 5.91 Å². The zero-order valence-corrected chi connectivity index (χ0v) is 12.8. The van der Waals surface area contributed by atoms with Gasteiger partial charge in [-0.1, -0.05) is 24.6 Å². The Hall–Kier alpha value is -2.62. The molecule has 2 heterocycles. The van der Waals surface area contributed by atoms with Gasteiger partial charge in [0.1, 0.15) is 5.69 Å². The summed E-state index contributed by atoms with van der Waals surface area (Å²) in [5, 5.41) is 1.06. The number of hydrogen-bond acceptors (Lipinski definition) is 2. The van der Waals surface area contributed by atoms with Gasteiger partial charge < -0.3 is 10.3 Å². The van der Waals surface area contributed by atoms with Crippen LogP contribution in [0, 0.1) is 6.92 Å². The molecule has 0 atom stereocenters. The average molecular weight is 293 g/mol. The maximum Gasteiger partial charge on any atom is 0.265 e. The summed E-state index contributed by atoms with van der Waals surface area (Å²) >= 11 is 0. The van der Waals surface area contributed by atoms with Gasteiger partial charge in [0.2, 0.25) is 0 Å². The van der Waals surface area contributed by atoms with Gasteiger partial charge in [-0.05, 0) is 43.2 Å². The fourth-order valence-corrected chi connectivity index (χ4v) is 2.96. The first-order chi connectivity index (χ1) is 10.6. The fourth-order valence-electron chi connectivity index (χ4n) is 2.96. The molecule has 0 saturated heterocycles. The monoisotopic (exact) mass is 293 g/mol. The molecule has 0 aliphatic carbocycles. The van der Waals surface area contributed by atoms with Gasteiger partial charge in [-0.15, -0.1) is 0 Å². The van der Waals surface area contributed by atoms with E-state index in [2.05, 4.69) is 31.0 Å². The molecule has 3 rings (SSSR count). The summed E-state index contributed by atoms with van der Waals surface area (Å²) in [5.41, 5.74) is 10.5. The van der Waals surface area contributed by atoms with Crippen LogP contribution in [0.25, 0.3) is 10.9 Å². The number of rotatable bonds is 4. The van der Waals surface area contributed by atoms with Crippen LogP contribution in [0.2, 0.25) is 0 Å². The highest BCUT2D eigenvalue weighted by Crippen LogP contribution is 2.26. The van der Waals surface area contributed by atoms with E-state index in [1.807, 2.05) is 28.8 Å². The Morgan fingerprint density at radius 3 is 2.73 bits per heavy atom. The molecule has 0 unspecified atom stereocenters. The number of nitrogens with zero attached hydrogens (tertiary/aromatic N) is 2. The first kappa shape index (κ1) is 14.3. The van der Waals surface area contributed by atoms with Crippen LogP contribution in [-0.2, 0) is 13.0 Å². The van der Waals surface area contributed by atoms with E-state index in [4.69, 9.17) is 5.73 Å². The van der Waals surface area contributed by atoms with E-state index >= 15 is 0 Å².